The first kappa shape index (κ1) is 12.4. The van der Waals surface area contributed by atoms with Crippen LogP contribution in [-0.2, 0) is 4.74 Å². The predicted molar refractivity (Wildman–Crippen MR) is 67.6 cm³/mol. The van der Waals surface area contributed by atoms with E-state index in [2.05, 4.69) is 26.2 Å². The van der Waals surface area contributed by atoms with Crippen LogP contribution >= 0.6 is 0 Å². The molecule has 1 aliphatic heterocycles. The standard InChI is InChI=1S/C14H27NO/c1-11-6-4-7-12(10-11)13(15-3)14(2)8-5-9-16-14/h11-13,15H,4-10H2,1-3H3. The fourth-order valence-corrected chi connectivity index (χ4v) is 3.87. The molecule has 16 heavy (non-hydrogen) atoms. The lowest BCUT2D eigenvalue weighted by molar-refractivity contribution is -0.0342. The highest BCUT2D eigenvalue weighted by atomic mass is 16.5. The smallest absolute Gasteiger partial charge is 0.0810 e. The Morgan fingerprint density at radius 1 is 1.31 bits per heavy atom. The second-order valence-electron chi connectivity index (χ2n) is 6.06. The Morgan fingerprint density at radius 3 is 2.69 bits per heavy atom. The van der Waals surface area contributed by atoms with E-state index in [1.54, 1.807) is 0 Å². The first-order valence-electron chi connectivity index (χ1n) is 6.97. The topological polar surface area (TPSA) is 21.3 Å². The van der Waals surface area contributed by atoms with Gasteiger partial charge < -0.3 is 10.1 Å². The van der Waals surface area contributed by atoms with Crippen LogP contribution in [0.3, 0.4) is 0 Å². The van der Waals surface area contributed by atoms with E-state index in [0.717, 1.165) is 18.4 Å². The quantitative estimate of drug-likeness (QED) is 0.797. The average molecular weight is 225 g/mol. The summed E-state index contributed by atoms with van der Waals surface area (Å²) < 4.78 is 6.02. The van der Waals surface area contributed by atoms with Crippen LogP contribution in [-0.4, -0.2) is 25.3 Å². The molecule has 1 saturated carbocycles. The summed E-state index contributed by atoms with van der Waals surface area (Å²) in [5, 5.41) is 3.55. The predicted octanol–water partition coefficient (Wildman–Crippen LogP) is 2.97. The molecule has 2 fully saturated rings. The number of hydrogen-bond donors (Lipinski definition) is 1. The first-order valence-corrected chi connectivity index (χ1v) is 6.97. The van der Waals surface area contributed by atoms with Gasteiger partial charge in [0, 0.05) is 12.6 Å². The maximum Gasteiger partial charge on any atom is 0.0810 e. The molecule has 94 valence electrons. The average Bonchev–Trinajstić information content (AvgIpc) is 2.67. The van der Waals surface area contributed by atoms with Crippen molar-refractivity contribution in [2.24, 2.45) is 11.8 Å². The van der Waals surface area contributed by atoms with Crippen molar-refractivity contribution in [3.63, 3.8) is 0 Å². The highest BCUT2D eigenvalue weighted by Crippen LogP contribution is 2.39. The van der Waals surface area contributed by atoms with E-state index in [9.17, 15) is 0 Å². The second-order valence-corrected chi connectivity index (χ2v) is 6.06. The number of likely N-dealkylation sites (N-methyl/N-ethyl adjacent to an activating group) is 1. The van der Waals surface area contributed by atoms with Crippen molar-refractivity contribution >= 4 is 0 Å². The summed E-state index contributed by atoms with van der Waals surface area (Å²) in [6.07, 6.45) is 8.05. The second kappa shape index (κ2) is 5.05. The molecule has 0 amide bonds. The summed E-state index contributed by atoms with van der Waals surface area (Å²) in [7, 11) is 2.11. The lowest BCUT2D eigenvalue weighted by Gasteiger charge is -2.41. The zero-order valence-electron chi connectivity index (χ0n) is 11.1. The Labute approximate surface area is 100 Å². The minimum Gasteiger partial charge on any atom is -0.374 e. The van der Waals surface area contributed by atoms with Crippen molar-refractivity contribution in [2.75, 3.05) is 13.7 Å². The van der Waals surface area contributed by atoms with E-state index >= 15 is 0 Å². The van der Waals surface area contributed by atoms with Gasteiger partial charge in [-0.15, -0.1) is 0 Å². The van der Waals surface area contributed by atoms with Crippen LogP contribution in [0.2, 0.25) is 0 Å². The maximum atomic E-state index is 6.02. The minimum absolute atomic E-state index is 0.0937. The van der Waals surface area contributed by atoms with Crippen LogP contribution in [0, 0.1) is 11.8 Å². The van der Waals surface area contributed by atoms with Gasteiger partial charge in [0.05, 0.1) is 5.60 Å². The molecule has 0 aromatic rings. The molecule has 0 radical (unpaired) electrons. The van der Waals surface area contributed by atoms with Crippen molar-refractivity contribution in [1.82, 2.24) is 5.32 Å². The van der Waals surface area contributed by atoms with Crippen molar-refractivity contribution in [3.05, 3.63) is 0 Å². The van der Waals surface area contributed by atoms with E-state index in [0.29, 0.717) is 6.04 Å². The lowest BCUT2D eigenvalue weighted by Crippen LogP contribution is -2.52. The first-order chi connectivity index (χ1) is 7.65. The number of nitrogens with one attached hydrogen (secondary N) is 1. The molecule has 2 aliphatic rings. The molecule has 1 N–H and O–H groups in total. The third-order valence-electron chi connectivity index (χ3n) is 4.67. The molecule has 1 aliphatic carbocycles. The van der Waals surface area contributed by atoms with Gasteiger partial charge in [0.1, 0.15) is 0 Å². The van der Waals surface area contributed by atoms with E-state index < -0.39 is 0 Å². The molecular weight excluding hydrogens is 198 g/mol. The number of hydrogen-bond acceptors (Lipinski definition) is 2. The minimum atomic E-state index is 0.0937. The molecule has 2 nitrogen and oxygen atoms in total. The maximum absolute atomic E-state index is 6.02. The SMILES string of the molecule is CNC(C1CCCC(C)C1)C1(C)CCCO1. The van der Waals surface area contributed by atoms with E-state index in [-0.39, 0.29) is 5.60 Å². The highest BCUT2D eigenvalue weighted by molar-refractivity contribution is 4.97. The number of ether oxygens (including phenoxy) is 1. The number of rotatable bonds is 3. The van der Waals surface area contributed by atoms with Gasteiger partial charge in [-0.3, -0.25) is 0 Å². The Hall–Kier alpha value is -0.0800. The molecule has 0 bridgehead atoms. The summed E-state index contributed by atoms with van der Waals surface area (Å²) in [6, 6.07) is 0.553. The molecule has 0 aromatic heterocycles. The largest absolute Gasteiger partial charge is 0.374 e. The van der Waals surface area contributed by atoms with Gasteiger partial charge in [-0.05, 0) is 51.5 Å². The molecule has 4 atom stereocenters. The third kappa shape index (κ3) is 2.43. The Bertz CT molecular complexity index is 223. The van der Waals surface area contributed by atoms with Crippen molar-refractivity contribution in [1.29, 1.82) is 0 Å². The van der Waals surface area contributed by atoms with Crippen molar-refractivity contribution in [3.8, 4) is 0 Å². The van der Waals surface area contributed by atoms with Gasteiger partial charge in [0.25, 0.3) is 0 Å². The fourth-order valence-electron chi connectivity index (χ4n) is 3.87. The monoisotopic (exact) mass is 225 g/mol. The summed E-state index contributed by atoms with van der Waals surface area (Å²) in [6.45, 7) is 5.66. The molecule has 0 spiro atoms. The third-order valence-corrected chi connectivity index (χ3v) is 4.67. The molecule has 1 heterocycles. The molecule has 2 rings (SSSR count). The normalized spacial score (nSPS) is 42.2. The van der Waals surface area contributed by atoms with Gasteiger partial charge in [-0.2, -0.15) is 0 Å². The van der Waals surface area contributed by atoms with Crippen LogP contribution in [0.15, 0.2) is 0 Å². The van der Waals surface area contributed by atoms with Crippen LogP contribution in [0.25, 0.3) is 0 Å². The van der Waals surface area contributed by atoms with Gasteiger partial charge in [-0.25, -0.2) is 0 Å². The zero-order chi connectivity index (χ0) is 11.6. The van der Waals surface area contributed by atoms with Crippen LogP contribution < -0.4 is 5.32 Å². The molecule has 4 unspecified atom stereocenters. The Kier molecular flexibility index (Phi) is 3.91. The Balaban J connectivity index is 2.03. The molecule has 0 aromatic carbocycles. The lowest BCUT2D eigenvalue weighted by atomic mass is 9.73. The molecule has 1 saturated heterocycles. The molecule has 2 heteroatoms. The fraction of sp³-hybridized carbons (Fsp3) is 1.00. The van der Waals surface area contributed by atoms with Crippen LogP contribution in [0.4, 0.5) is 0 Å². The van der Waals surface area contributed by atoms with Gasteiger partial charge >= 0.3 is 0 Å². The van der Waals surface area contributed by atoms with Crippen molar-refractivity contribution < 1.29 is 4.74 Å². The van der Waals surface area contributed by atoms with Crippen LogP contribution in [0.1, 0.15) is 52.4 Å². The van der Waals surface area contributed by atoms with E-state index in [4.69, 9.17) is 4.74 Å². The van der Waals surface area contributed by atoms with Gasteiger partial charge in [0.2, 0.25) is 0 Å². The summed E-state index contributed by atoms with van der Waals surface area (Å²) >= 11 is 0. The van der Waals surface area contributed by atoms with E-state index in [1.165, 1.54) is 38.5 Å². The molecular formula is C14H27NO. The summed E-state index contributed by atoms with van der Waals surface area (Å²) in [4.78, 5) is 0. The Morgan fingerprint density at radius 2 is 2.12 bits per heavy atom. The zero-order valence-corrected chi connectivity index (χ0v) is 11.1. The van der Waals surface area contributed by atoms with E-state index in [1.807, 2.05) is 0 Å². The van der Waals surface area contributed by atoms with Gasteiger partial charge in [-0.1, -0.05) is 19.8 Å². The van der Waals surface area contributed by atoms with Crippen molar-refractivity contribution in [2.45, 2.75) is 64.0 Å². The highest BCUT2D eigenvalue weighted by Gasteiger charge is 2.42. The van der Waals surface area contributed by atoms with Crippen LogP contribution in [0.5, 0.6) is 0 Å². The van der Waals surface area contributed by atoms with Gasteiger partial charge in [0.15, 0.2) is 0 Å². The summed E-state index contributed by atoms with van der Waals surface area (Å²) in [5.74, 6) is 1.72. The summed E-state index contributed by atoms with van der Waals surface area (Å²) in [5.41, 5.74) is 0.0937.